The molecule has 0 aliphatic carbocycles. The minimum absolute atomic E-state index is 0.433. The van der Waals surface area contributed by atoms with E-state index in [0.29, 0.717) is 6.61 Å². The van der Waals surface area contributed by atoms with E-state index in [1.165, 1.54) is 29.4 Å². The summed E-state index contributed by atoms with van der Waals surface area (Å²) in [6, 6.07) is 31.9. The number of hydrogen-bond acceptors (Lipinski definition) is 2. The van der Waals surface area contributed by atoms with Gasteiger partial charge < -0.3 is 0 Å². The molecule has 0 aliphatic heterocycles. The Morgan fingerprint density at radius 1 is 0.600 bits per heavy atom. The zero-order valence-electron chi connectivity index (χ0n) is 16.4. The molecule has 0 radical (unpaired) electrons. The third-order valence-electron chi connectivity index (χ3n) is 4.91. The van der Waals surface area contributed by atoms with Crippen LogP contribution in [0.3, 0.4) is 0 Å². The lowest BCUT2D eigenvalue weighted by Gasteiger charge is -2.14. The molecular weight excluding hydrogens is 504 g/mol. The van der Waals surface area contributed by atoms with Crippen LogP contribution in [0.4, 0.5) is 0 Å². The second-order valence-electron chi connectivity index (χ2n) is 6.91. The van der Waals surface area contributed by atoms with Crippen molar-refractivity contribution in [2.45, 2.75) is 6.61 Å². The standard InChI is InChI=1S/C26H20Br2O2/c1-29-30-17-18-7-9-19(10-8-18)21-11-12-25(22-13-23(27)16-24(28)14-22)26(15-21)20-5-3-2-4-6-20/h2-16H,17H2,1H3. The van der Waals surface area contributed by atoms with E-state index >= 15 is 0 Å². The van der Waals surface area contributed by atoms with E-state index in [1.54, 1.807) is 0 Å². The fourth-order valence-electron chi connectivity index (χ4n) is 3.46. The first kappa shape index (κ1) is 21.0. The van der Waals surface area contributed by atoms with Crippen LogP contribution in [-0.4, -0.2) is 7.11 Å². The predicted molar refractivity (Wildman–Crippen MR) is 130 cm³/mol. The molecule has 0 bridgehead atoms. The molecule has 0 atom stereocenters. The molecule has 4 rings (SSSR count). The molecule has 0 aromatic heterocycles. The second kappa shape index (κ2) is 9.71. The molecule has 2 nitrogen and oxygen atoms in total. The van der Waals surface area contributed by atoms with Crippen molar-refractivity contribution in [2.24, 2.45) is 0 Å². The van der Waals surface area contributed by atoms with Gasteiger partial charge in [-0.25, -0.2) is 9.78 Å². The van der Waals surface area contributed by atoms with Crippen LogP contribution in [0.25, 0.3) is 33.4 Å². The monoisotopic (exact) mass is 522 g/mol. The zero-order chi connectivity index (χ0) is 20.9. The van der Waals surface area contributed by atoms with Gasteiger partial charge in [-0.1, -0.05) is 98.6 Å². The van der Waals surface area contributed by atoms with Gasteiger partial charge in [0.15, 0.2) is 0 Å². The smallest absolute Gasteiger partial charge is 0.107 e. The Hall–Kier alpha value is -2.24. The summed E-state index contributed by atoms with van der Waals surface area (Å²) in [5, 5.41) is 0. The van der Waals surface area contributed by atoms with E-state index in [4.69, 9.17) is 9.78 Å². The molecule has 0 fully saturated rings. The van der Waals surface area contributed by atoms with E-state index in [0.717, 1.165) is 25.6 Å². The maximum Gasteiger partial charge on any atom is 0.107 e. The zero-order valence-corrected chi connectivity index (χ0v) is 19.6. The number of benzene rings is 4. The van der Waals surface area contributed by atoms with E-state index in [1.807, 2.05) is 6.07 Å². The first-order valence-electron chi connectivity index (χ1n) is 9.55. The molecule has 0 unspecified atom stereocenters. The van der Waals surface area contributed by atoms with Gasteiger partial charge in [0.25, 0.3) is 0 Å². The third kappa shape index (κ3) is 4.90. The van der Waals surface area contributed by atoms with Gasteiger partial charge in [0.05, 0.1) is 7.11 Å². The summed E-state index contributed by atoms with van der Waals surface area (Å²) in [7, 11) is 1.52. The van der Waals surface area contributed by atoms with Crippen molar-refractivity contribution in [1.82, 2.24) is 0 Å². The molecule has 4 aromatic carbocycles. The Labute approximate surface area is 193 Å². The van der Waals surface area contributed by atoms with Gasteiger partial charge in [-0.3, -0.25) is 0 Å². The van der Waals surface area contributed by atoms with Crippen LogP contribution >= 0.6 is 31.9 Å². The van der Waals surface area contributed by atoms with Crippen LogP contribution < -0.4 is 0 Å². The quantitative estimate of drug-likeness (QED) is 0.187. The molecule has 4 aromatic rings. The number of halogens is 2. The third-order valence-corrected chi connectivity index (χ3v) is 5.82. The van der Waals surface area contributed by atoms with E-state index in [9.17, 15) is 0 Å². The minimum atomic E-state index is 0.433. The van der Waals surface area contributed by atoms with Gasteiger partial charge in [-0.15, -0.1) is 0 Å². The van der Waals surface area contributed by atoms with Crippen LogP contribution in [-0.2, 0) is 16.4 Å². The lowest BCUT2D eigenvalue weighted by Crippen LogP contribution is -1.91. The van der Waals surface area contributed by atoms with Crippen LogP contribution in [0.1, 0.15) is 5.56 Å². The van der Waals surface area contributed by atoms with Crippen molar-refractivity contribution < 1.29 is 9.78 Å². The molecule has 30 heavy (non-hydrogen) atoms. The molecule has 0 saturated heterocycles. The lowest BCUT2D eigenvalue weighted by atomic mass is 9.91. The van der Waals surface area contributed by atoms with Gasteiger partial charge >= 0.3 is 0 Å². The molecule has 0 N–H and O–H groups in total. The van der Waals surface area contributed by atoms with Crippen molar-refractivity contribution in [3.05, 3.63) is 106 Å². The Balaban J connectivity index is 1.80. The Kier molecular flexibility index (Phi) is 6.80. The van der Waals surface area contributed by atoms with Crippen LogP contribution in [0.2, 0.25) is 0 Å². The Bertz CT molecular complexity index is 1120. The average molecular weight is 524 g/mol. The highest BCUT2D eigenvalue weighted by atomic mass is 79.9. The van der Waals surface area contributed by atoms with E-state index in [2.05, 4.69) is 117 Å². The van der Waals surface area contributed by atoms with E-state index < -0.39 is 0 Å². The summed E-state index contributed by atoms with van der Waals surface area (Å²) in [6.45, 7) is 0.433. The highest BCUT2D eigenvalue weighted by molar-refractivity contribution is 9.11. The summed E-state index contributed by atoms with van der Waals surface area (Å²) in [5.74, 6) is 0. The first-order valence-corrected chi connectivity index (χ1v) is 11.1. The Morgan fingerprint density at radius 2 is 1.27 bits per heavy atom. The molecule has 0 heterocycles. The maximum absolute atomic E-state index is 5.02. The van der Waals surface area contributed by atoms with Crippen LogP contribution in [0.5, 0.6) is 0 Å². The highest BCUT2D eigenvalue weighted by Gasteiger charge is 2.11. The summed E-state index contributed by atoms with van der Waals surface area (Å²) in [4.78, 5) is 9.71. The van der Waals surface area contributed by atoms with E-state index in [-0.39, 0.29) is 0 Å². The molecular formula is C26H20Br2O2. The fourth-order valence-corrected chi connectivity index (χ4v) is 4.76. The van der Waals surface area contributed by atoms with Crippen molar-refractivity contribution in [2.75, 3.05) is 7.11 Å². The highest BCUT2D eigenvalue weighted by Crippen LogP contribution is 2.37. The van der Waals surface area contributed by atoms with Gasteiger partial charge in [0.2, 0.25) is 0 Å². The maximum atomic E-state index is 5.02. The minimum Gasteiger partial charge on any atom is -0.240 e. The van der Waals surface area contributed by atoms with Crippen molar-refractivity contribution in [3.8, 4) is 33.4 Å². The molecule has 0 spiro atoms. The summed E-state index contributed by atoms with van der Waals surface area (Å²) >= 11 is 7.24. The second-order valence-corrected chi connectivity index (χ2v) is 8.74. The number of rotatable bonds is 6. The van der Waals surface area contributed by atoms with Gasteiger partial charge in [-0.2, -0.15) is 0 Å². The van der Waals surface area contributed by atoms with Crippen molar-refractivity contribution in [1.29, 1.82) is 0 Å². The largest absolute Gasteiger partial charge is 0.240 e. The normalized spacial score (nSPS) is 10.9. The van der Waals surface area contributed by atoms with Gasteiger partial charge in [-0.05, 0) is 63.2 Å². The number of hydrogen-bond donors (Lipinski definition) is 0. The topological polar surface area (TPSA) is 18.5 Å². The van der Waals surface area contributed by atoms with Crippen LogP contribution in [0, 0.1) is 0 Å². The molecule has 0 amide bonds. The summed E-state index contributed by atoms with van der Waals surface area (Å²) in [6.07, 6.45) is 0. The van der Waals surface area contributed by atoms with Crippen molar-refractivity contribution in [3.63, 3.8) is 0 Å². The van der Waals surface area contributed by atoms with Crippen molar-refractivity contribution >= 4 is 31.9 Å². The first-order chi connectivity index (χ1) is 14.6. The summed E-state index contributed by atoms with van der Waals surface area (Å²) < 4.78 is 2.09. The molecule has 0 saturated carbocycles. The average Bonchev–Trinajstić information content (AvgIpc) is 2.77. The van der Waals surface area contributed by atoms with Gasteiger partial charge in [0.1, 0.15) is 6.61 Å². The molecule has 4 heteroatoms. The SMILES string of the molecule is COOCc1ccc(-c2ccc(-c3cc(Br)cc(Br)c3)c(-c3ccccc3)c2)cc1. The Morgan fingerprint density at radius 3 is 1.93 bits per heavy atom. The molecule has 150 valence electrons. The fraction of sp³-hybridized carbons (Fsp3) is 0.0769. The lowest BCUT2D eigenvalue weighted by molar-refractivity contribution is -0.282. The van der Waals surface area contributed by atoms with Gasteiger partial charge in [0, 0.05) is 8.95 Å². The van der Waals surface area contributed by atoms with Crippen LogP contribution in [0.15, 0.2) is 99.9 Å². The summed E-state index contributed by atoms with van der Waals surface area (Å²) in [5.41, 5.74) is 8.15. The molecule has 0 aliphatic rings. The predicted octanol–water partition coefficient (Wildman–Crippen LogP) is 8.29.